The highest BCUT2D eigenvalue weighted by Gasteiger charge is 2.23. The summed E-state index contributed by atoms with van der Waals surface area (Å²) in [5, 5.41) is 4.19. The standard InChI is InChI=1S/C21H17Cl2N3O2S2/c1-11-6-12(2)19(16(23)7-11)26(13(3)27)20-24-15(9-29-20)10-30-21-25-17-8-14(22)4-5-18(17)28-21/h4-9H,10H2,1-3H3. The van der Waals surface area contributed by atoms with E-state index in [1.54, 1.807) is 23.1 Å². The molecule has 0 fully saturated rings. The summed E-state index contributed by atoms with van der Waals surface area (Å²) in [7, 11) is 0. The molecule has 0 N–H and O–H groups in total. The van der Waals surface area contributed by atoms with Crippen LogP contribution in [0.1, 0.15) is 23.7 Å². The predicted molar refractivity (Wildman–Crippen MR) is 124 cm³/mol. The Hall–Kier alpha value is -2.06. The highest BCUT2D eigenvalue weighted by atomic mass is 35.5. The summed E-state index contributed by atoms with van der Waals surface area (Å²) < 4.78 is 5.74. The molecule has 1 amide bonds. The predicted octanol–water partition coefficient (Wildman–Crippen LogP) is 7.18. The average Bonchev–Trinajstić information content (AvgIpc) is 3.28. The molecule has 0 saturated carbocycles. The first-order chi connectivity index (χ1) is 14.3. The number of aromatic nitrogens is 2. The van der Waals surface area contributed by atoms with Crippen LogP contribution >= 0.6 is 46.3 Å². The molecule has 154 valence electrons. The minimum Gasteiger partial charge on any atom is -0.431 e. The fraction of sp³-hybridized carbons (Fsp3) is 0.190. The lowest BCUT2D eigenvalue weighted by Gasteiger charge is -2.22. The topological polar surface area (TPSA) is 59.2 Å². The number of hydrogen-bond acceptors (Lipinski definition) is 6. The lowest BCUT2D eigenvalue weighted by molar-refractivity contribution is -0.115. The molecule has 0 saturated heterocycles. The molecule has 4 rings (SSSR count). The minimum atomic E-state index is -0.145. The second-order valence-corrected chi connectivity index (χ2v) is 9.38. The van der Waals surface area contributed by atoms with Crippen LogP contribution < -0.4 is 4.90 Å². The van der Waals surface area contributed by atoms with Crippen LogP contribution in [0.5, 0.6) is 0 Å². The zero-order chi connectivity index (χ0) is 21.4. The Bertz CT molecular complexity index is 1230. The first-order valence-electron chi connectivity index (χ1n) is 9.02. The average molecular weight is 478 g/mol. The van der Waals surface area contributed by atoms with Gasteiger partial charge in [-0.15, -0.1) is 11.3 Å². The molecule has 9 heteroatoms. The molecule has 0 unspecified atom stereocenters. The van der Waals surface area contributed by atoms with E-state index < -0.39 is 0 Å². The number of thiazole rings is 1. The van der Waals surface area contributed by atoms with Gasteiger partial charge in [-0.05, 0) is 49.2 Å². The highest BCUT2D eigenvalue weighted by molar-refractivity contribution is 7.98. The molecular weight excluding hydrogens is 461 g/mol. The highest BCUT2D eigenvalue weighted by Crippen LogP contribution is 2.38. The molecule has 0 aliphatic carbocycles. The van der Waals surface area contributed by atoms with Crippen LogP contribution in [0.15, 0.2) is 45.4 Å². The number of thioether (sulfide) groups is 1. The number of oxazole rings is 1. The van der Waals surface area contributed by atoms with E-state index in [-0.39, 0.29) is 5.91 Å². The Morgan fingerprint density at radius 3 is 2.73 bits per heavy atom. The van der Waals surface area contributed by atoms with Gasteiger partial charge in [-0.2, -0.15) is 0 Å². The van der Waals surface area contributed by atoms with Gasteiger partial charge in [0, 0.05) is 23.1 Å². The molecule has 30 heavy (non-hydrogen) atoms. The van der Waals surface area contributed by atoms with Crippen LogP contribution in [0.25, 0.3) is 11.1 Å². The maximum atomic E-state index is 12.4. The van der Waals surface area contributed by atoms with Crippen LogP contribution in [0, 0.1) is 13.8 Å². The maximum Gasteiger partial charge on any atom is 0.257 e. The van der Waals surface area contributed by atoms with Crippen molar-refractivity contribution in [1.82, 2.24) is 9.97 Å². The summed E-state index contributed by atoms with van der Waals surface area (Å²) in [6, 6.07) is 9.19. The summed E-state index contributed by atoms with van der Waals surface area (Å²) in [5.41, 5.74) is 4.86. The first kappa shape index (κ1) is 21.2. The number of carbonyl (C=O) groups excluding carboxylic acids is 1. The van der Waals surface area contributed by atoms with Gasteiger partial charge in [0.2, 0.25) is 5.91 Å². The molecule has 2 aromatic carbocycles. The van der Waals surface area contributed by atoms with E-state index in [1.165, 1.54) is 30.0 Å². The van der Waals surface area contributed by atoms with Gasteiger partial charge in [-0.3, -0.25) is 9.69 Å². The Morgan fingerprint density at radius 1 is 1.20 bits per heavy atom. The van der Waals surface area contributed by atoms with E-state index in [4.69, 9.17) is 27.6 Å². The van der Waals surface area contributed by atoms with Crippen molar-refractivity contribution in [3.63, 3.8) is 0 Å². The van der Waals surface area contributed by atoms with Crippen molar-refractivity contribution < 1.29 is 9.21 Å². The summed E-state index contributed by atoms with van der Waals surface area (Å²) in [6.07, 6.45) is 0. The molecule has 0 aliphatic heterocycles. The Balaban J connectivity index is 1.56. The Labute approximate surface area is 192 Å². The van der Waals surface area contributed by atoms with E-state index in [0.29, 0.717) is 37.4 Å². The SMILES string of the molecule is CC(=O)N(c1nc(CSc2nc3cc(Cl)ccc3o2)cs1)c1c(C)cc(C)cc1Cl. The van der Waals surface area contributed by atoms with Crippen LogP contribution in [-0.4, -0.2) is 15.9 Å². The summed E-state index contributed by atoms with van der Waals surface area (Å²) in [5.74, 6) is 0.414. The van der Waals surface area contributed by atoms with E-state index in [2.05, 4.69) is 9.97 Å². The number of fused-ring (bicyclic) bond motifs is 1. The lowest BCUT2D eigenvalue weighted by atomic mass is 10.1. The summed E-state index contributed by atoms with van der Waals surface area (Å²) in [6.45, 7) is 5.42. The largest absolute Gasteiger partial charge is 0.431 e. The van der Waals surface area contributed by atoms with Gasteiger partial charge in [-0.1, -0.05) is 41.0 Å². The summed E-state index contributed by atoms with van der Waals surface area (Å²) >= 11 is 15.3. The van der Waals surface area contributed by atoms with Crippen molar-refractivity contribution in [1.29, 1.82) is 0 Å². The van der Waals surface area contributed by atoms with Crippen molar-refractivity contribution in [3.8, 4) is 0 Å². The number of anilines is 2. The number of hydrogen-bond donors (Lipinski definition) is 0. The molecule has 2 heterocycles. The zero-order valence-corrected chi connectivity index (χ0v) is 19.5. The number of rotatable bonds is 5. The Kier molecular flexibility index (Phi) is 6.06. The van der Waals surface area contributed by atoms with Gasteiger partial charge in [0.15, 0.2) is 10.7 Å². The monoisotopic (exact) mass is 477 g/mol. The van der Waals surface area contributed by atoms with Gasteiger partial charge in [0.25, 0.3) is 5.22 Å². The fourth-order valence-electron chi connectivity index (χ4n) is 3.12. The summed E-state index contributed by atoms with van der Waals surface area (Å²) in [4.78, 5) is 23.1. The van der Waals surface area contributed by atoms with Crippen LogP contribution in [0.4, 0.5) is 10.8 Å². The van der Waals surface area contributed by atoms with Crippen LogP contribution in [-0.2, 0) is 10.5 Å². The number of aryl methyl sites for hydroxylation is 2. The third kappa shape index (κ3) is 4.34. The Morgan fingerprint density at radius 2 is 2.00 bits per heavy atom. The van der Waals surface area contributed by atoms with Gasteiger partial charge in [-0.25, -0.2) is 9.97 Å². The van der Waals surface area contributed by atoms with E-state index in [9.17, 15) is 4.79 Å². The number of nitrogens with zero attached hydrogens (tertiary/aromatic N) is 3. The molecule has 0 radical (unpaired) electrons. The molecule has 0 spiro atoms. The molecule has 0 atom stereocenters. The molecule has 5 nitrogen and oxygen atoms in total. The normalized spacial score (nSPS) is 11.2. The van der Waals surface area contributed by atoms with Crippen molar-refractivity contribution in [2.24, 2.45) is 0 Å². The number of amides is 1. The molecule has 2 aromatic heterocycles. The third-order valence-electron chi connectivity index (χ3n) is 4.34. The second-order valence-electron chi connectivity index (χ2n) is 6.77. The van der Waals surface area contributed by atoms with E-state index >= 15 is 0 Å². The van der Waals surface area contributed by atoms with Gasteiger partial charge in [0.05, 0.1) is 16.4 Å². The molecular formula is C21H17Cl2N3O2S2. The van der Waals surface area contributed by atoms with Crippen LogP contribution in [0.3, 0.4) is 0 Å². The van der Waals surface area contributed by atoms with E-state index in [0.717, 1.165) is 22.3 Å². The smallest absolute Gasteiger partial charge is 0.257 e. The molecule has 0 bridgehead atoms. The van der Waals surface area contributed by atoms with Crippen molar-refractivity contribution in [2.45, 2.75) is 31.7 Å². The number of halogens is 2. The zero-order valence-electron chi connectivity index (χ0n) is 16.4. The van der Waals surface area contributed by atoms with Crippen molar-refractivity contribution >= 4 is 74.1 Å². The molecule has 0 aliphatic rings. The second kappa shape index (κ2) is 8.59. The first-order valence-corrected chi connectivity index (χ1v) is 11.6. The van der Waals surface area contributed by atoms with E-state index in [1.807, 2.05) is 31.4 Å². The van der Waals surface area contributed by atoms with Crippen molar-refractivity contribution in [3.05, 3.63) is 62.6 Å². The van der Waals surface area contributed by atoms with Crippen molar-refractivity contribution in [2.75, 3.05) is 4.90 Å². The third-order valence-corrected chi connectivity index (χ3v) is 6.60. The van der Waals surface area contributed by atoms with Gasteiger partial charge >= 0.3 is 0 Å². The fourth-order valence-corrected chi connectivity index (χ4v) is 5.40. The van der Waals surface area contributed by atoms with Crippen LogP contribution in [0.2, 0.25) is 10.0 Å². The molecule has 4 aromatic rings. The minimum absolute atomic E-state index is 0.145. The maximum absolute atomic E-state index is 12.4. The lowest BCUT2D eigenvalue weighted by Crippen LogP contribution is -2.24. The quantitative estimate of drug-likeness (QED) is 0.284. The number of carbonyl (C=O) groups is 1. The van der Waals surface area contributed by atoms with Gasteiger partial charge < -0.3 is 4.42 Å². The van der Waals surface area contributed by atoms with Gasteiger partial charge in [0.1, 0.15) is 5.52 Å². The number of benzene rings is 2.